The highest BCUT2D eigenvalue weighted by Crippen LogP contribution is 2.32. The number of aryl methyl sites for hydroxylation is 1. The molecule has 0 fully saturated rings. The maximum absolute atomic E-state index is 9.32. The summed E-state index contributed by atoms with van der Waals surface area (Å²) in [6, 6.07) is 13.2. The summed E-state index contributed by atoms with van der Waals surface area (Å²) in [6.45, 7) is 1.99. The summed E-state index contributed by atoms with van der Waals surface area (Å²) in [6.07, 6.45) is 0. The number of nitrogens with one attached hydrogen (secondary N) is 1. The first-order valence-electron chi connectivity index (χ1n) is 6.90. The Morgan fingerprint density at radius 2 is 2.00 bits per heavy atom. The van der Waals surface area contributed by atoms with Gasteiger partial charge >= 0.3 is 0 Å². The van der Waals surface area contributed by atoms with Crippen molar-refractivity contribution in [2.75, 3.05) is 12.4 Å². The maximum atomic E-state index is 9.32. The van der Waals surface area contributed by atoms with Crippen LogP contribution in [0.15, 0.2) is 36.4 Å². The minimum absolute atomic E-state index is 0.232. The van der Waals surface area contributed by atoms with Gasteiger partial charge in [-0.3, -0.25) is 0 Å². The number of nitriles is 1. The molecular weight excluding hydrogens is 312 g/mol. The Kier molecular flexibility index (Phi) is 4.00. The molecule has 0 amide bonds. The first-order valence-corrected chi connectivity index (χ1v) is 7.28. The molecule has 3 aromatic rings. The van der Waals surface area contributed by atoms with Crippen molar-refractivity contribution in [3.05, 3.63) is 52.7 Å². The Balaban J connectivity index is 2.13. The van der Waals surface area contributed by atoms with Crippen molar-refractivity contribution in [3.63, 3.8) is 0 Å². The summed E-state index contributed by atoms with van der Waals surface area (Å²) < 4.78 is 5.15. The third-order valence-corrected chi connectivity index (χ3v) is 3.74. The fourth-order valence-electron chi connectivity index (χ4n) is 2.31. The van der Waals surface area contributed by atoms with Crippen molar-refractivity contribution >= 4 is 33.9 Å². The summed E-state index contributed by atoms with van der Waals surface area (Å²) in [5.41, 5.74) is 3.38. The monoisotopic (exact) mass is 324 g/mol. The van der Waals surface area contributed by atoms with Gasteiger partial charge in [-0.2, -0.15) is 5.26 Å². The van der Waals surface area contributed by atoms with E-state index in [2.05, 4.69) is 21.6 Å². The van der Waals surface area contributed by atoms with Gasteiger partial charge in [-0.15, -0.1) is 10.2 Å². The topological polar surface area (TPSA) is 70.8 Å². The Morgan fingerprint density at radius 3 is 2.70 bits per heavy atom. The van der Waals surface area contributed by atoms with E-state index < -0.39 is 0 Å². The zero-order valence-electron chi connectivity index (χ0n) is 12.6. The van der Waals surface area contributed by atoms with E-state index in [0.717, 1.165) is 22.2 Å². The quantitative estimate of drug-likeness (QED) is 0.781. The molecule has 1 heterocycles. The van der Waals surface area contributed by atoms with Crippen LogP contribution < -0.4 is 10.1 Å². The SMILES string of the molecule is COc1ccc(Nc2c(C#N)nnc3ccc(C)cc23)cc1Cl. The second-order valence-electron chi connectivity index (χ2n) is 5.03. The Morgan fingerprint density at radius 1 is 1.17 bits per heavy atom. The molecule has 0 saturated carbocycles. The molecule has 0 aliphatic carbocycles. The predicted molar refractivity (Wildman–Crippen MR) is 90.3 cm³/mol. The van der Waals surface area contributed by atoms with Crippen LogP contribution in [0.3, 0.4) is 0 Å². The molecule has 0 aliphatic rings. The lowest BCUT2D eigenvalue weighted by Crippen LogP contribution is -2.00. The zero-order valence-corrected chi connectivity index (χ0v) is 13.3. The third kappa shape index (κ3) is 2.89. The smallest absolute Gasteiger partial charge is 0.187 e. The molecule has 23 heavy (non-hydrogen) atoms. The summed E-state index contributed by atoms with van der Waals surface area (Å²) in [5.74, 6) is 0.589. The molecule has 0 radical (unpaired) electrons. The first kappa shape index (κ1) is 15.1. The maximum Gasteiger partial charge on any atom is 0.187 e. The fraction of sp³-hybridized carbons (Fsp3) is 0.118. The zero-order chi connectivity index (χ0) is 16.4. The third-order valence-electron chi connectivity index (χ3n) is 3.44. The van der Waals surface area contributed by atoms with E-state index in [-0.39, 0.29) is 5.69 Å². The molecule has 1 aromatic heterocycles. The van der Waals surface area contributed by atoms with Crippen molar-refractivity contribution in [2.24, 2.45) is 0 Å². The van der Waals surface area contributed by atoms with Gasteiger partial charge in [0.1, 0.15) is 11.8 Å². The largest absolute Gasteiger partial charge is 0.495 e. The van der Waals surface area contributed by atoms with Crippen molar-refractivity contribution in [3.8, 4) is 11.8 Å². The Bertz CT molecular complexity index is 934. The van der Waals surface area contributed by atoms with Crippen LogP contribution in [0.25, 0.3) is 10.9 Å². The van der Waals surface area contributed by atoms with Gasteiger partial charge in [0.15, 0.2) is 5.69 Å². The Labute approximate surface area is 138 Å². The molecule has 0 saturated heterocycles. The number of hydrogen-bond acceptors (Lipinski definition) is 5. The molecule has 0 atom stereocenters. The van der Waals surface area contributed by atoms with Crippen LogP contribution in [0.5, 0.6) is 5.75 Å². The Hall–Kier alpha value is -2.84. The van der Waals surface area contributed by atoms with E-state index in [1.54, 1.807) is 19.2 Å². The number of ether oxygens (including phenoxy) is 1. The first-order chi connectivity index (χ1) is 11.1. The van der Waals surface area contributed by atoms with Crippen LogP contribution in [0.4, 0.5) is 11.4 Å². The molecule has 0 spiro atoms. The standard InChI is InChI=1S/C17H13ClN4O/c1-10-3-5-14-12(7-10)17(15(9-19)22-21-14)20-11-4-6-16(23-2)13(18)8-11/h3-8H,1-2H3,(H,20,21). The van der Waals surface area contributed by atoms with E-state index in [9.17, 15) is 5.26 Å². The summed E-state index contributed by atoms with van der Waals surface area (Å²) in [4.78, 5) is 0. The lowest BCUT2D eigenvalue weighted by Gasteiger charge is -2.12. The molecule has 2 aromatic carbocycles. The number of anilines is 2. The van der Waals surface area contributed by atoms with Crippen LogP contribution >= 0.6 is 11.6 Å². The summed E-state index contributed by atoms with van der Waals surface area (Å²) >= 11 is 6.15. The number of nitrogens with zero attached hydrogens (tertiary/aromatic N) is 3. The average Bonchev–Trinajstić information content (AvgIpc) is 2.55. The predicted octanol–water partition coefficient (Wildman–Crippen LogP) is 4.22. The highest BCUT2D eigenvalue weighted by molar-refractivity contribution is 6.32. The molecule has 114 valence electrons. The van der Waals surface area contributed by atoms with Crippen LogP contribution in [-0.2, 0) is 0 Å². The second-order valence-corrected chi connectivity index (χ2v) is 5.44. The minimum atomic E-state index is 0.232. The van der Waals surface area contributed by atoms with Gasteiger partial charge in [-0.1, -0.05) is 23.2 Å². The van der Waals surface area contributed by atoms with Gasteiger partial charge in [0.25, 0.3) is 0 Å². The lowest BCUT2D eigenvalue weighted by atomic mass is 10.1. The van der Waals surface area contributed by atoms with Gasteiger partial charge in [-0.05, 0) is 37.3 Å². The molecule has 1 N–H and O–H groups in total. The number of benzene rings is 2. The minimum Gasteiger partial charge on any atom is -0.495 e. The molecular formula is C17H13ClN4O. The van der Waals surface area contributed by atoms with Gasteiger partial charge < -0.3 is 10.1 Å². The van der Waals surface area contributed by atoms with Gasteiger partial charge in [0, 0.05) is 11.1 Å². The van der Waals surface area contributed by atoms with Crippen LogP contribution in [0.1, 0.15) is 11.3 Å². The van der Waals surface area contributed by atoms with Crippen LogP contribution in [0.2, 0.25) is 5.02 Å². The molecule has 6 heteroatoms. The van der Waals surface area contributed by atoms with E-state index in [1.165, 1.54) is 0 Å². The average molecular weight is 325 g/mol. The van der Waals surface area contributed by atoms with Gasteiger partial charge in [0.2, 0.25) is 0 Å². The van der Waals surface area contributed by atoms with Crippen LogP contribution in [0, 0.1) is 18.3 Å². The van der Waals surface area contributed by atoms with E-state index in [0.29, 0.717) is 16.5 Å². The summed E-state index contributed by atoms with van der Waals surface area (Å²) in [7, 11) is 1.56. The number of aromatic nitrogens is 2. The van der Waals surface area contributed by atoms with Crippen molar-refractivity contribution < 1.29 is 4.74 Å². The summed E-state index contributed by atoms with van der Waals surface area (Å²) in [5, 5.41) is 21.9. The number of halogens is 1. The highest BCUT2D eigenvalue weighted by atomic mass is 35.5. The van der Waals surface area contributed by atoms with Crippen molar-refractivity contribution in [1.82, 2.24) is 10.2 Å². The fourth-order valence-corrected chi connectivity index (χ4v) is 2.57. The molecule has 3 rings (SSSR count). The van der Waals surface area contributed by atoms with E-state index in [1.807, 2.05) is 31.2 Å². The number of hydrogen-bond donors (Lipinski definition) is 1. The van der Waals surface area contributed by atoms with Gasteiger partial charge in [0.05, 0.1) is 23.3 Å². The molecule has 5 nitrogen and oxygen atoms in total. The van der Waals surface area contributed by atoms with Crippen molar-refractivity contribution in [1.29, 1.82) is 5.26 Å². The van der Waals surface area contributed by atoms with Crippen LogP contribution in [-0.4, -0.2) is 17.3 Å². The lowest BCUT2D eigenvalue weighted by molar-refractivity contribution is 0.415. The molecule has 0 unspecified atom stereocenters. The molecule has 0 bridgehead atoms. The molecule has 0 aliphatic heterocycles. The normalized spacial score (nSPS) is 10.3. The number of fused-ring (bicyclic) bond motifs is 1. The number of rotatable bonds is 3. The highest BCUT2D eigenvalue weighted by Gasteiger charge is 2.12. The van der Waals surface area contributed by atoms with Gasteiger partial charge in [-0.25, -0.2) is 0 Å². The number of methoxy groups -OCH3 is 1. The van der Waals surface area contributed by atoms with E-state index in [4.69, 9.17) is 16.3 Å². The second kappa shape index (κ2) is 6.11. The van der Waals surface area contributed by atoms with E-state index >= 15 is 0 Å². The van der Waals surface area contributed by atoms with Crippen molar-refractivity contribution in [2.45, 2.75) is 6.92 Å².